The predicted molar refractivity (Wildman–Crippen MR) is 124 cm³/mol. The number of hydrogen-bond acceptors (Lipinski definition) is 3. The number of carbonyl (C=O) groups excluding carboxylic acids is 1. The van der Waals surface area contributed by atoms with Crippen molar-refractivity contribution in [2.45, 2.75) is 32.9 Å². The van der Waals surface area contributed by atoms with Crippen LogP contribution in [-0.4, -0.2) is 22.5 Å². The summed E-state index contributed by atoms with van der Waals surface area (Å²) in [7, 11) is 1.79. The molecule has 0 aliphatic carbocycles. The van der Waals surface area contributed by atoms with Crippen LogP contribution in [0.3, 0.4) is 0 Å². The minimum atomic E-state index is -0.0168. The fraction of sp³-hybridized carbons (Fsp3) is 0.231. The Morgan fingerprint density at radius 1 is 0.968 bits per heavy atom. The second kappa shape index (κ2) is 9.04. The summed E-state index contributed by atoms with van der Waals surface area (Å²) in [6.45, 7) is 4.82. The van der Waals surface area contributed by atoms with Crippen molar-refractivity contribution in [3.8, 4) is 5.75 Å². The SMILES string of the molecule is CC(C)c1ccc(OCc2nc3ccccc3n2CC(=O)N(C)c2ccccc2)cc1. The maximum absolute atomic E-state index is 13.0. The van der Waals surface area contributed by atoms with Gasteiger partial charge in [-0.2, -0.15) is 0 Å². The molecule has 158 valence electrons. The van der Waals surface area contributed by atoms with Crippen LogP contribution in [0.25, 0.3) is 11.0 Å². The number of benzene rings is 3. The van der Waals surface area contributed by atoms with Gasteiger partial charge in [-0.25, -0.2) is 4.98 Å². The van der Waals surface area contributed by atoms with Crippen LogP contribution in [0, 0.1) is 0 Å². The largest absolute Gasteiger partial charge is 0.486 e. The first kappa shape index (κ1) is 20.7. The molecule has 5 heteroatoms. The Kier molecular flexibility index (Phi) is 6.03. The van der Waals surface area contributed by atoms with Gasteiger partial charge in [0.25, 0.3) is 0 Å². The van der Waals surface area contributed by atoms with Crippen LogP contribution in [0.4, 0.5) is 5.69 Å². The topological polar surface area (TPSA) is 47.4 Å². The van der Waals surface area contributed by atoms with E-state index >= 15 is 0 Å². The first-order chi connectivity index (χ1) is 15.0. The molecular formula is C26H27N3O2. The van der Waals surface area contributed by atoms with Crippen LogP contribution in [0.15, 0.2) is 78.9 Å². The van der Waals surface area contributed by atoms with E-state index in [9.17, 15) is 4.79 Å². The summed E-state index contributed by atoms with van der Waals surface area (Å²) in [5, 5.41) is 0. The van der Waals surface area contributed by atoms with Crippen molar-refractivity contribution in [1.82, 2.24) is 9.55 Å². The van der Waals surface area contributed by atoms with E-state index in [2.05, 4.69) is 26.0 Å². The van der Waals surface area contributed by atoms with Crippen LogP contribution in [0.2, 0.25) is 0 Å². The van der Waals surface area contributed by atoms with Crippen LogP contribution in [0.1, 0.15) is 31.2 Å². The zero-order chi connectivity index (χ0) is 21.8. The van der Waals surface area contributed by atoms with Crippen LogP contribution >= 0.6 is 0 Å². The molecule has 4 aromatic rings. The highest BCUT2D eigenvalue weighted by Crippen LogP contribution is 2.22. The third kappa shape index (κ3) is 4.61. The van der Waals surface area contributed by atoms with Crippen LogP contribution in [-0.2, 0) is 17.9 Å². The molecule has 1 aromatic heterocycles. The zero-order valence-corrected chi connectivity index (χ0v) is 18.2. The number of hydrogen-bond donors (Lipinski definition) is 0. The highest BCUT2D eigenvalue weighted by atomic mass is 16.5. The van der Waals surface area contributed by atoms with Crippen molar-refractivity contribution in [1.29, 1.82) is 0 Å². The van der Waals surface area contributed by atoms with Gasteiger partial charge in [-0.1, -0.05) is 56.3 Å². The molecule has 4 rings (SSSR count). The van der Waals surface area contributed by atoms with Gasteiger partial charge in [-0.3, -0.25) is 4.79 Å². The molecular weight excluding hydrogens is 386 g/mol. The number of anilines is 1. The van der Waals surface area contributed by atoms with Gasteiger partial charge in [0, 0.05) is 12.7 Å². The lowest BCUT2D eigenvalue weighted by atomic mass is 10.0. The van der Waals surface area contributed by atoms with E-state index in [1.165, 1.54) is 5.56 Å². The van der Waals surface area contributed by atoms with Gasteiger partial charge in [0.1, 0.15) is 24.7 Å². The Morgan fingerprint density at radius 3 is 2.35 bits per heavy atom. The first-order valence-electron chi connectivity index (χ1n) is 10.5. The Hall–Kier alpha value is -3.60. The highest BCUT2D eigenvalue weighted by molar-refractivity contribution is 5.93. The third-order valence-electron chi connectivity index (χ3n) is 5.46. The summed E-state index contributed by atoms with van der Waals surface area (Å²) in [4.78, 5) is 19.4. The summed E-state index contributed by atoms with van der Waals surface area (Å²) < 4.78 is 7.96. The number of para-hydroxylation sites is 3. The fourth-order valence-corrected chi connectivity index (χ4v) is 3.55. The Balaban J connectivity index is 1.56. The van der Waals surface area contributed by atoms with Gasteiger partial charge in [0.15, 0.2) is 0 Å². The number of carbonyl (C=O) groups is 1. The molecule has 0 atom stereocenters. The molecule has 0 radical (unpaired) electrons. The lowest BCUT2D eigenvalue weighted by Gasteiger charge is -2.19. The average Bonchev–Trinajstić information content (AvgIpc) is 3.15. The van der Waals surface area contributed by atoms with E-state index in [0.717, 1.165) is 28.3 Å². The smallest absolute Gasteiger partial charge is 0.246 e. The van der Waals surface area contributed by atoms with E-state index in [-0.39, 0.29) is 19.1 Å². The van der Waals surface area contributed by atoms with Crippen LogP contribution < -0.4 is 9.64 Å². The maximum atomic E-state index is 13.0. The molecule has 3 aromatic carbocycles. The number of imidazole rings is 1. The molecule has 0 fully saturated rings. The molecule has 5 nitrogen and oxygen atoms in total. The predicted octanol–water partition coefficient (Wildman–Crippen LogP) is 5.40. The van der Waals surface area contributed by atoms with Gasteiger partial charge in [0.2, 0.25) is 5.91 Å². The summed E-state index contributed by atoms with van der Waals surface area (Å²) in [6.07, 6.45) is 0. The summed E-state index contributed by atoms with van der Waals surface area (Å²) in [5.41, 5.74) is 3.91. The number of fused-ring (bicyclic) bond motifs is 1. The van der Waals surface area contributed by atoms with Crippen molar-refractivity contribution in [2.24, 2.45) is 0 Å². The molecule has 0 spiro atoms. The Bertz CT molecular complexity index is 1160. The lowest BCUT2D eigenvalue weighted by Crippen LogP contribution is -2.30. The molecule has 0 saturated heterocycles. The molecule has 0 saturated carbocycles. The number of ether oxygens (including phenoxy) is 1. The highest BCUT2D eigenvalue weighted by Gasteiger charge is 2.17. The Labute approximate surface area is 182 Å². The summed E-state index contributed by atoms with van der Waals surface area (Å²) in [5.74, 6) is 1.97. The standard InChI is InChI=1S/C26H27N3O2/c1-19(2)20-13-15-22(16-14-20)31-18-25-27-23-11-7-8-12-24(23)29(25)17-26(30)28(3)21-9-5-4-6-10-21/h4-16,19H,17-18H2,1-3H3. The molecule has 0 bridgehead atoms. The average molecular weight is 414 g/mol. The molecule has 1 amide bonds. The third-order valence-corrected chi connectivity index (χ3v) is 5.46. The van der Waals surface area contributed by atoms with Gasteiger partial charge < -0.3 is 14.2 Å². The summed E-state index contributed by atoms with van der Waals surface area (Å²) in [6, 6.07) is 25.6. The molecule has 1 heterocycles. The van der Waals surface area contributed by atoms with Crippen molar-refractivity contribution in [3.63, 3.8) is 0 Å². The second-order valence-corrected chi connectivity index (χ2v) is 7.90. The fourth-order valence-electron chi connectivity index (χ4n) is 3.55. The van der Waals surface area contributed by atoms with E-state index in [1.54, 1.807) is 11.9 Å². The molecule has 0 N–H and O–H groups in total. The number of amides is 1. The van der Waals surface area contributed by atoms with E-state index in [1.807, 2.05) is 71.3 Å². The van der Waals surface area contributed by atoms with E-state index in [4.69, 9.17) is 9.72 Å². The van der Waals surface area contributed by atoms with E-state index < -0.39 is 0 Å². The molecule has 0 aliphatic rings. The quantitative estimate of drug-likeness (QED) is 0.407. The Morgan fingerprint density at radius 2 is 1.65 bits per heavy atom. The molecule has 0 unspecified atom stereocenters. The normalized spacial score (nSPS) is 11.1. The number of aromatic nitrogens is 2. The first-order valence-corrected chi connectivity index (χ1v) is 10.5. The monoisotopic (exact) mass is 413 g/mol. The minimum Gasteiger partial charge on any atom is -0.486 e. The van der Waals surface area contributed by atoms with Gasteiger partial charge in [-0.15, -0.1) is 0 Å². The number of rotatable bonds is 7. The molecule has 0 aliphatic heterocycles. The maximum Gasteiger partial charge on any atom is 0.246 e. The molecule has 31 heavy (non-hydrogen) atoms. The van der Waals surface area contributed by atoms with Gasteiger partial charge in [-0.05, 0) is 47.9 Å². The van der Waals surface area contributed by atoms with Crippen LogP contribution in [0.5, 0.6) is 5.75 Å². The summed E-state index contributed by atoms with van der Waals surface area (Å²) >= 11 is 0. The van der Waals surface area contributed by atoms with E-state index in [0.29, 0.717) is 5.92 Å². The van der Waals surface area contributed by atoms with Crippen molar-refractivity contribution in [3.05, 3.63) is 90.3 Å². The van der Waals surface area contributed by atoms with Gasteiger partial charge in [0.05, 0.1) is 11.0 Å². The minimum absolute atomic E-state index is 0.0168. The van der Waals surface area contributed by atoms with Crippen molar-refractivity contribution < 1.29 is 9.53 Å². The van der Waals surface area contributed by atoms with Crippen molar-refractivity contribution in [2.75, 3.05) is 11.9 Å². The zero-order valence-electron chi connectivity index (χ0n) is 18.2. The number of likely N-dealkylation sites (N-methyl/N-ethyl adjacent to an activating group) is 1. The lowest BCUT2D eigenvalue weighted by molar-refractivity contribution is -0.118. The number of nitrogens with zero attached hydrogens (tertiary/aromatic N) is 3. The van der Waals surface area contributed by atoms with Crippen molar-refractivity contribution >= 4 is 22.6 Å². The van der Waals surface area contributed by atoms with Gasteiger partial charge >= 0.3 is 0 Å². The second-order valence-electron chi connectivity index (χ2n) is 7.90.